The minimum atomic E-state index is -0.258. The third-order valence-corrected chi connectivity index (χ3v) is 10.7. The first-order valence-corrected chi connectivity index (χ1v) is 12.8. The molecule has 5 nitrogen and oxygen atoms in total. The lowest BCUT2D eigenvalue weighted by molar-refractivity contribution is -0.228. The summed E-state index contributed by atoms with van der Waals surface area (Å²) in [6.07, 6.45) is 7.12. The second-order valence-electron chi connectivity index (χ2n) is 12.8. The summed E-state index contributed by atoms with van der Waals surface area (Å²) in [7, 11) is 0. The molecule has 1 aromatic rings. The molecule has 0 saturated heterocycles. The first-order valence-electron chi connectivity index (χ1n) is 12.8. The number of fused-ring (bicyclic) bond motifs is 6. The summed E-state index contributed by atoms with van der Waals surface area (Å²) >= 11 is 0. The highest BCUT2D eigenvalue weighted by Crippen LogP contribution is 2.70. The molecule has 5 heteroatoms. The molecule has 1 aromatic heterocycles. The van der Waals surface area contributed by atoms with Gasteiger partial charge in [0.15, 0.2) is 0 Å². The Hall–Kier alpha value is -1.78. The maximum atomic E-state index is 12.7. The Morgan fingerprint density at radius 3 is 2.30 bits per heavy atom. The van der Waals surface area contributed by atoms with E-state index in [-0.39, 0.29) is 45.5 Å². The van der Waals surface area contributed by atoms with Crippen molar-refractivity contribution in [2.45, 2.75) is 105 Å². The van der Waals surface area contributed by atoms with Gasteiger partial charge in [-0.05, 0) is 81.5 Å². The Kier molecular flexibility index (Phi) is 4.96. The minimum absolute atomic E-state index is 0.0101. The molecule has 0 bridgehead atoms. The second kappa shape index (κ2) is 7.11. The van der Waals surface area contributed by atoms with Gasteiger partial charge in [-0.1, -0.05) is 27.7 Å². The molecule has 3 saturated carbocycles. The summed E-state index contributed by atoms with van der Waals surface area (Å²) in [5, 5.41) is 0. The highest BCUT2D eigenvalue weighted by atomic mass is 16.5. The van der Waals surface area contributed by atoms with Crippen LogP contribution in [0.3, 0.4) is 0 Å². The van der Waals surface area contributed by atoms with E-state index in [1.165, 1.54) is 6.92 Å². The number of hydrogen-bond donors (Lipinski definition) is 0. The third-order valence-electron chi connectivity index (χ3n) is 10.7. The summed E-state index contributed by atoms with van der Waals surface area (Å²) in [6.45, 7) is 15.2. The van der Waals surface area contributed by atoms with Gasteiger partial charge in [0.1, 0.15) is 23.2 Å². The summed E-state index contributed by atoms with van der Waals surface area (Å²) in [5.41, 5.74) is 0.461. The van der Waals surface area contributed by atoms with E-state index >= 15 is 0 Å². The third kappa shape index (κ3) is 3.16. The van der Waals surface area contributed by atoms with Crippen molar-refractivity contribution in [3.05, 3.63) is 27.8 Å². The van der Waals surface area contributed by atoms with Crippen molar-refractivity contribution in [3.8, 4) is 5.75 Å². The smallest absolute Gasteiger partial charge is 0.342 e. The standard InChI is InChI=1S/C28H40O5/c1-16-14-19-18(24(30)31-16)15-22-27(6)11-8-20-25(3,4)23(32-17(2)29)10-12-26(20,5)21(27)9-13-28(22,7)33-19/h14,20-23H,8-13,15H2,1-7H3/t20-,21+,22-,23-,26-,27+,28-/m0/s1. The zero-order chi connectivity index (χ0) is 24.0. The molecule has 0 amide bonds. The Morgan fingerprint density at radius 2 is 1.61 bits per heavy atom. The van der Waals surface area contributed by atoms with Gasteiger partial charge in [-0.15, -0.1) is 0 Å². The van der Waals surface area contributed by atoms with Crippen LogP contribution in [0.2, 0.25) is 0 Å². The number of esters is 1. The first-order chi connectivity index (χ1) is 15.3. The molecule has 1 aliphatic heterocycles. The number of hydrogen-bond acceptors (Lipinski definition) is 5. The molecule has 0 aromatic carbocycles. The van der Waals surface area contributed by atoms with Crippen LogP contribution < -0.4 is 10.4 Å². The molecule has 3 aliphatic carbocycles. The molecule has 5 rings (SSSR count). The number of ether oxygens (including phenoxy) is 2. The zero-order valence-electron chi connectivity index (χ0n) is 21.4. The van der Waals surface area contributed by atoms with Crippen LogP contribution in [0, 0.1) is 40.9 Å². The lowest BCUT2D eigenvalue weighted by Crippen LogP contribution is -2.66. The van der Waals surface area contributed by atoms with Gasteiger partial charge in [-0.25, -0.2) is 4.79 Å². The first kappa shape index (κ1) is 23.0. The van der Waals surface area contributed by atoms with Gasteiger partial charge in [0.2, 0.25) is 0 Å². The number of carbonyl (C=O) groups excluding carboxylic acids is 1. The van der Waals surface area contributed by atoms with E-state index in [1.807, 2.05) is 13.0 Å². The van der Waals surface area contributed by atoms with Crippen molar-refractivity contribution in [1.82, 2.24) is 0 Å². The molecule has 2 heterocycles. The van der Waals surface area contributed by atoms with Crippen LogP contribution in [0.4, 0.5) is 0 Å². The molecule has 182 valence electrons. The number of aryl methyl sites for hydroxylation is 1. The molecule has 0 spiro atoms. The van der Waals surface area contributed by atoms with Crippen molar-refractivity contribution in [2.24, 2.45) is 34.0 Å². The van der Waals surface area contributed by atoms with E-state index in [0.717, 1.165) is 56.3 Å². The van der Waals surface area contributed by atoms with Crippen molar-refractivity contribution in [2.75, 3.05) is 0 Å². The van der Waals surface area contributed by atoms with E-state index < -0.39 is 0 Å². The van der Waals surface area contributed by atoms with E-state index in [9.17, 15) is 9.59 Å². The summed E-state index contributed by atoms with van der Waals surface area (Å²) in [6, 6.07) is 1.89. The molecule has 0 unspecified atom stereocenters. The van der Waals surface area contributed by atoms with Crippen LogP contribution in [0.15, 0.2) is 15.3 Å². The van der Waals surface area contributed by atoms with Gasteiger partial charge >= 0.3 is 11.6 Å². The Labute approximate surface area is 197 Å². The van der Waals surface area contributed by atoms with Crippen LogP contribution in [-0.4, -0.2) is 17.7 Å². The quantitative estimate of drug-likeness (QED) is 0.497. The van der Waals surface area contributed by atoms with Gasteiger partial charge in [0.05, 0.1) is 5.56 Å². The molecular weight excluding hydrogens is 416 g/mol. The normalized spacial score (nSPS) is 43.2. The van der Waals surface area contributed by atoms with Gasteiger partial charge in [-0.2, -0.15) is 0 Å². The van der Waals surface area contributed by atoms with Crippen LogP contribution in [0.5, 0.6) is 5.75 Å². The largest absolute Gasteiger partial charge is 0.487 e. The average Bonchev–Trinajstić information content (AvgIpc) is 2.68. The van der Waals surface area contributed by atoms with E-state index in [1.54, 1.807) is 0 Å². The SMILES string of the molecule is CC(=O)O[C@H]1CC[C@]2(C)[C@H]3CC[C@]4(C)Oc5cc(C)oc(=O)c5C[C@H]4[C@]3(C)CC[C@H]2C1(C)C. The van der Waals surface area contributed by atoms with Crippen molar-refractivity contribution >= 4 is 5.97 Å². The van der Waals surface area contributed by atoms with Crippen LogP contribution in [0.25, 0.3) is 0 Å². The summed E-state index contributed by atoms with van der Waals surface area (Å²) < 4.78 is 17.9. The predicted octanol–water partition coefficient (Wildman–Crippen LogP) is 5.84. The van der Waals surface area contributed by atoms with Gasteiger partial charge in [0, 0.05) is 24.3 Å². The van der Waals surface area contributed by atoms with Crippen molar-refractivity contribution < 1.29 is 18.7 Å². The average molecular weight is 457 g/mol. The van der Waals surface area contributed by atoms with Crippen LogP contribution in [0.1, 0.15) is 91.4 Å². The van der Waals surface area contributed by atoms with E-state index in [0.29, 0.717) is 17.6 Å². The Morgan fingerprint density at radius 1 is 0.970 bits per heavy atom. The molecule has 0 radical (unpaired) electrons. The maximum absolute atomic E-state index is 12.7. The van der Waals surface area contributed by atoms with E-state index in [4.69, 9.17) is 13.9 Å². The Balaban J connectivity index is 1.52. The highest BCUT2D eigenvalue weighted by Gasteiger charge is 2.67. The van der Waals surface area contributed by atoms with Crippen molar-refractivity contribution in [3.63, 3.8) is 0 Å². The fourth-order valence-corrected chi connectivity index (χ4v) is 9.27. The van der Waals surface area contributed by atoms with Gasteiger partial charge < -0.3 is 13.9 Å². The number of carbonyl (C=O) groups is 1. The molecule has 7 atom stereocenters. The maximum Gasteiger partial charge on any atom is 0.342 e. The second-order valence-corrected chi connectivity index (χ2v) is 12.8. The lowest BCUT2D eigenvalue weighted by atomic mass is 9.37. The monoisotopic (exact) mass is 456 g/mol. The highest BCUT2D eigenvalue weighted by molar-refractivity contribution is 5.66. The van der Waals surface area contributed by atoms with Gasteiger partial charge in [-0.3, -0.25) is 4.79 Å². The zero-order valence-corrected chi connectivity index (χ0v) is 21.4. The molecule has 3 fully saturated rings. The summed E-state index contributed by atoms with van der Waals surface area (Å²) in [4.78, 5) is 24.5. The molecular formula is C28H40O5. The van der Waals surface area contributed by atoms with Gasteiger partial charge in [0.25, 0.3) is 0 Å². The predicted molar refractivity (Wildman–Crippen MR) is 126 cm³/mol. The Bertz CT molecular complexity index is 1040. The fraction of sp³-hybridized carbons (Fsp3) is 0.786. The summed E-state index contributed by atoms with van der Waals surface area (Å²) in [5.74, 6) is 2.52. The topological polar surface area (TPSA) is 65.7 Å². The van der Waals surface area contributed by atoms with Crippen LogP contribution in [-0.2, 0) is 16.0 Å². The molecule has 0 N–H and O–H groups in total. The van der Waals surface area contributed by atoms with E-state index in [2.05, 4.69) is 34.6 Å². The molecule has 33 heavy (non-hydrogen) atoms. The fourth-order valence-electron chi connectivity index (χ4n) is 9.27. The van der Waals surface area contributed by atoms with Crippen LogP contribution >= 0.6 is 0 Å². The minimum Gasteiger partial charge on any atom is -0.487 e. The number of rotatable bonds is 1. The molecule has 4 aliphatic rings. The lowest BCUT2D eigenvalue weighted by Gasteiger charge is -2.69. The van der Waals surface area contributed by atoms with Crippen molar-refractivity contribution in [1.29, 1.82) is 0 Å².